The minimum atomic E-state index is -0.0384. The quantitative estimate of drug-likeness (QED) is 0.579. The maximum Gasteiger partial charge on any atom is 0.265 e. The van der Waals surface area contributed by atoms with E-state index in [-0.39, 0.29) is 5.91 Å². The monoisotopic (exact) mass is 368 g/mol. The van der Waals surface area contributed by atoms with E-state index in [9.17, 15) is 4.79 Å². The number of benzene rings is 1. The molecule has 0 saturated heterocycles. The minimum absolute atomic E-state index is 0.0384. The molecule has 0 atom stereocenters. The second-order valence-corrected chi connectivity index (χ2v) is 7.98. The Balaban J connectivity index is 1.59. The average Bonchev–Trinajstić information content (AvgIpc) is 3.03. The van der Waals surface area contributed by atoms with Gasteiger partial charge in [0, 0.05) is 33.6 Å². The summed E-state index contributed by atoms with van der Waals surface area (Å²) in [5.41, 5.74) is 3.27. The summed E-state index contributed by atoms with van der Waals surface area (Å²) in [4.78, 5) is 19.7. The zero-order valence-electron chi connectivity index (χ0n) is 14.3. The number of nitrogens with zero attached hydrogens (tertiary/aromatic N) is 1. The fourth-order valence-corrected chi connectivity index (χ4v) is 4.30. The van der Waals surface area contributed by atoms with Crippen molar-refractivity contribution in [3.63, 3.8) is 0 Å². The lowest BCUT2D eigenvalue weighted by Crippen LogP contribution is -2.09. The number of pyridine rings is 1. The van der Waals surface area contributed by atoms with Gasteiger partial charge >= 0.3 is 0 Å². The van der Waals surface area contributed by atoms with Gasteiger partial charge in [0.25, 0.3) is 5.91 Å². The van der Waals surface area contributed by atoms with E-state index in [0.717, 1.165) is 22.7 Å². The first-order valence-corrected chi connectivity index (χ1v) is 9.98. The molecule has 0 aliphatic heterocycles. The predicted octanol–water partition coefficient (Wildman–Crippen LogP) is 5.56. The zero-order valence-corrected chi connectivity index (χ0v) is 15.9. The lowest BCUT2D eigenvalue weighted by molar-refractivity contribution is 0.103. The highest BCUT2D eigenvalue weighted by molar-refractivity contribution is 7.98. The van der Waals surface area contributed by atoms with E-state index >= 15 is 0 Å². The smallest absolute Gasteiger partial charge is 0.265 e. The van der Waals surface area contributed by atoms with E-state index in [1.807, 2.05) is 42.6 Å². The summed E-state index contributed by atoms with van der Waals surface area (Å²) in [7, 11) is 0. The van der Waals surface area contributed by atoms with Crippen LogP contribution in [0.4, 0.5) is 5.69 Å². The summed E-state index contributed by atoms with van der Waals surface area (Å²) >= 11 is 3.31. The largest absolute Gasteiger partial charge is 0.321 e. The van der Waals surface area contributed by atoms with Crippen LogP contribution in [0.5, 0.6) is 0 Å². The summed E-state index contributed by atoms with van der Waals surface area (Å²) in [6.45, 7) is 4.17. The number of anilines is 1. The first-order chi connectivity index (χ1) is 12.2. The molecule has 0 radical (unpaired) electrons. The van der Waals surface area contributed by atoms with Gasteiger partial charge in [-0.15, -0.1) is 23.1 Å². The van der Waals surface area contributed by atoms with Crippen LogP contribution in [-0.4, -0.2) is 10.9 Å². The van der Waals surface area contributed by atoms with Crippen molar-refractivity contribution in [2.45, 2.75) is 30.9 Å². The molecule has 0 spiro atoms. The van der Waals surface area contributed by atoms with Crippen molar-refractivity contribution in [1.82, 2.24) is 4.98 Å². The Hall–Kier alpha value is -2.11. The number of carbonyl (C=O) groups is 1. The Kier molecular flexibility index (Phi) is 5.89. The van der Waals surface area contributed by atoms with E-state index in [1.165, 1.54) is 20.9 Å². The van der Waals surface area contributed by atoms with Crippen LogP contribution in [0.2, 0.25) is 0 Å². The van der Waals surface area contributed by atoms with Gasteiger partial charge in [-0.25, -0.2) is 0 Å². The van der Waals surface area contributed by atoms with E-state index in [1.54, 1.807) is 29.3 Å². The van der Waals surface area contributed by atoms with Gasteiger partial charge in [-0.3, -0.25) is 9.78 Å². The predicted molar refractivity (Wildman–Crippen MR) is 107 cm³/mol. The molecule has 1 N–H and O–H groups in total. The SMILES string of the molecule is CCc1cc(C(=O)Nc2ccc(SCc3cccnc3)cc2)sc1C. The molecule has 1 aromatic carbocycles. The molecular weight excluding hydrogens is 348 g/mol. The fourth-order valence-electron chi connectivity index (χ4n) is 2.46. The highest BCUT2D eigenvalue weighted by Gasteiger charge is 2.11. The van der Waals surface area contributed by atoms with E-state index in [2.05, 4.69) is 30.2 Å². The summed E-state index contributed by atoms with van der Waals surface area (Å²) in [6.07, 6.45) is 4.62. The average molecular weight is 369 g/mol. The van der Waals surface area contributed by atoms with Gasteiger partial charge in [0.2, 0.25) is 0 Å². The van der Waals surface area contributed by atoms with Crippen LogP contribution in [0.3, 0.4) is 0 Å². The molecular formula is C20H20N2OS2. The van der Waals surface area contributed by atoms with Crippen LogP contribution < -0.4 is 5.32 Å². The normalized spacial score (nSPS) is 10.6. The molecule has 2 heterocycles. The highest BCUT2D eigenvalue weighted by atomic mass is 32.2. The Labute approximate surface area is 156 Å². The van der Waals surface area contributed by atoms with Gasteiger partial charge in [-0.2, -0.15) is 0 Å². The van der Waals surface area contributed by atoms with E-state index in [0.29, 0.717) is 0 Å². The third-order valence-corrected chi connectivity index (χ3v) is 6.04. The standard InChI is InChI=1S/C20H20N2OS2/c1-3-16-11-19(25-14(16)2)20(23)22-17-6-8-18(9-7-17)24-13-15-5-4-10-21-12-15/h4-12H,3,13H2,1-2H3,(H,22,23). The number of hydrogen-bond donors (Lipinski definition) is 1. The minimum Gasteiger partial charge on any atom is -0.321 e. The lowest BCUT2D eigenvalue weighted by Gasteiger charge is -2.06. The molecule has 0 saturated carbocycles. The van der Waals surface area contributed by atoms with Gasteiger partial charge in [0.15, 0.2) is 0 Å². The van der Waals surface area contributed by atoms with Gasteiger partial charge in [0.1, 0.15) is 0 Å². The molecule has 25 heavy (non-hydrogen) atoms. The number of aromatic nitrogens is 1. The molecule has 0 unspecified atom stereocenters. The van der Waals surface area contributed by atoms with Crippen molar-refractivity contribution in [3.05, 3.63) is 75.7 Å². The maximum atomic E-state index is 12.4. The molecule has 2 aromatic heterocycles. The first kappa shape index (κ1) is 17.7. The van der Waals surface area contributed by atoms with Crippen LogP contribution >= 0.6 is 23.1 Å². The molecule has 3 rings (SSSR count). The Morgan fingerprint density at radius 2 is 2.04 bits per heavy atom. The van der Waals surface area contributed by atoms with Crippen LogP contribution in [0.1, 0.15) is 32.6 Å². The summed E-state index contributed by atoms with van der Waals surface area (Å²) in [5, 5.41) is 2.98. The van der Waals surface area contributed by atoms with Crippen LogP contribution in [0.25, 0.3) is 0 Å². The van der Waals surface area contributed by atoms with Crippen LogP contribution in [-0.2, 0) is 12.2 Å². The fraction of sp³-hybridized carbons (Fsp3) is 0.200. The number of thioether (sulfide) groups is 1. The molecule has 0 fully saturated rings. The number of hydrogen-bond acceptors (Lipinski definition) is 4. The Morgan fingerprint density at radius 3 is 2.68 bits per heavy atom. The van der Waals surface area contributed by atoms with Crippen molar-refractivity contribution in [2.75, 3.05) is 5.32 Å². The van der Waals surface area contributed by atoms with Crippen molar-refractivity contribution >= 4 is 34.7 Å². The van der Waals surface area contributed by atoms with Crippen molar-refractivity contribution in [1.29, 1.82) is 0 Å². The molecule has 0 bridgehead atoms. The van der Waals surface area contributed by atoms with Gasteiger partial charge in [0.05, 0.1) is 4.88 Å². The number of aryl methyl sites for hydroxylation is 2. The third-order valence-electron chi connectivity index (χ3n) is 3.87. The van der Waals surface area contributed by atoms with Gasteiger partial charge < -0.3 is 5.32 Å². The zero-order chi connectivity index (χ0) is 17.6. The molecule has 3 nitrogen and oxygen atoms in total. The number of rotatable bonds is 6. The van der Waals surface area contributed by atoms with E-state index in [4.69, 9.17) is 0 Å². The van der Waals surface area contributed by atoms with E-state index < -0.39 is 0 Å². The van der Waals surface area contributed by atoms with Gasteiger partial charge in [-0.1, -0.05) is 13.0 Å². The first-order valence-electron chi connectivity index (χ1n) is 8.18. The summed E-state index contributed by atoms with van der Waals surface area (Å²) < 4.78 is 0. The molecule has 1 amide bonds. The third kappa shape index (κ3) is 4.71. The molecule has 3 aromatic rings. The molecule has 0 aliphatic carbocycles. The number of carbonyl (C=O) groups excluding carboxylic acids is 1. The highest BCUT2D eigenvalue weighted by Crippen LogP contribution is 2.25. The Bertz CT molecular complexity index is 842. The maximum absolute atomic E-state index is 12.4. The van der Waals surface area contributed by atoms with Crippen molar-refractivity contribution in [2.24, 2.45) is 0 Å². The van der Waals surface area contributed by atoms with Crippen LogP contribution in [0, 0.1) is 6.92 Å². The number of nitrogens with one attached hydrogen (secondary N) is 1. The van der Waals surface area contributed by atoms with Crippen molar-refractivity contribution in [3.8, 4) is 0 Å². The van der Waals surface area contributed by atoms with Crippen LogP contribution in [0.15, 0.2) is 59.8 Å². The Morgan fingerprint density at radius 1 is 1.24 bits per heavy atom. The molecule has 0 aliphatic rings. The lowest BCUT2D eigenvalue weighted by atomic mass is 10.2. The summed E-state index contributed by atoms with van der Waals surface area (Å²) in [6, 6.07) is 14.0. The summed E-state index contributed by atoms with van der Waals surface area (Å²) in [5.74, 6) is 0.844. The topological polar surface area (TPSA) is 42.0 Å². The second-order valence-electron chi connectivity index (χ2n) is 5.67. The van der Waals surface area contributed by atoms with Gasteiger partial charge in [-0.05, 0) is 60.9 Å². The van der Waals surface area contributed by atoms with Crippen molar-refractivity contribution < 1.29 is 4.79 Å². The molecule has 5 heteroatoms. The molecule has 128 valence electrons. The second kappa shape index (κ2) is 8.32. The number of amides is 1. The number of thiophene rings is 1.